The highest BCUT2D eigenvalue weighted by molar-refractivity contribution is 7.98. The van der Waals surface area contributed by atoms with Crippen molar-refractivity contribution in [3.8, 4) is 22.8 Å². The summed E-state index contributed by atoms with van der Waals surface area (Å²) in [5.74, 6) is 0.842. The molecule has 1 aromatic heterocycles. The molecular weight excluding hydrogens is 312 g/mol. The van der Waals surface area contributed by atoms with Crippen LogP contribution in [0, 0.1) is 0 Å². The van der Waals surface area contributed by atoms with Crippen molar-refractivity contribution in [1.29, 1.82) is 0 Å². The highest BCUT2D eigenvalue weighted by atomic mass is 32.2. The zero-order valence-electron chi connectivity index (χ0n) is 12.1. The molecule has 0 radical (unpaired) electrons. The van der Waals surface area contributed by atoms with Crippen LogP contribution < -0.4 is 5.63 Å². The van der Waals surface area contributed by atoms with Crippen molar-refractivity contribution in [2.24, 2.45) is 0 Å². The Morgan fingerprint density at radius 2 is 1.65 bits per heavy atom. The zero-order valence-corrected chi connectivity index (χ0v) is 12.9. The second kappa shape index (κ2) is 6.62. The van der Waals surface area contributed by atoms with Gasteiger partial charge in [-0.1, -0.05) is 30.3 Å². The standard InChI is InChI=1S/C18H14O4S/c19-14-8-6-13(7-9-14)16-10-15(20)17(18(21)22-16)23-11-12-4-2-1-3-5-12/h1-10,19-20H,11H2. The number of phenolic OH excluding ortho intramolecular Hbond substituents is 1. The van der Waals surface area contributed by atoms with E-state index in [4.69, 9.17) is 4.42 Å². The summed E-state index contributed by atoms with van der Waals surface area (Å²) < 4.78 is 5.29. The fourth-order valence-corrected chi connectivity index (χ4v) is 2.97. The van der Waals surface area contributed by atoms with E-state index in [0.717, 1.165) is 5.56 Å². The molecule has 1 heterocycles. The molecule has 5 heteroatoms. The molecule has 2 aromatic carbocycles. The lowest BCUT2D eigenvalue weighted by atomic mass is 10.1. The molecule has 3 aromatic rings. The van der Waals surface area contributed by atoms with Gasteiger partial charge in [-0.25, -0.2) is 4.79 Å². The van der Waals surface area contributed by atoms with Crippen LogP contribution >= 0.6 is 11.8 Å². The van der Waals surface area contributed by atoms with E-state index in [0.29, 0.717) is 11.3 Å². The van der Waals surface area contributed by atoms with E-state index in [2.05, 4.69) is 0 Å². The number of benzene rings is 2. The van der Waals surface area contributed by atoms with Crippen LogP contribution in [0.2, 0.25) is 0 Å². The molecule has 0 fully saturated rings. The van der Waals surface area contributed by atoms with Gasteiger partial charge in [-0.2, -0.15) is 0 Å². The molecule has 0 unspecified atom stereocenters. The Hall–Kier alpha value is -2.66. The van der Waals surface area contributed by atoms with E-state index in [1.807, 2.05) is 30.3 Å². The predicted molar refractivity (Wildman–Crippen MR) is 89.7 cm³/mol. The predicted octanol–water partition coefficient (Wildman–Crippen LogP) is 4.01. The molecule has 116 valence electrons. The molecule has 2 N–H and O–H groups in total. The summed E-state index contributed by atoms with van der Waals surface area (Å²) >= 11 is 1.24. The minimum absolute atomic E-state index is 0.106. The molecule has 0 aliphatic rings. The quantitative estimate of drug-likeness (QED) is 0.709. The van der Waals surface area contributed by atoms with E-state index >= 15 is 0 Å². The molecule has 0 spiro atoms. The summed E-state index contributed by atoms with van der Waals surface area (Å²) in [5, 5.41) is 19.4. The summed E-state index contributed by atoms with van der Waals surface area (Å²) in [5.41, 5.74) is 1.09. The van der Waals surface area contributed by atoms with Gasteiger partial charge in [-0.05, 0) is 29.8 Å². The van der Waals surface area contributed by atoms with E-state index in [1.54, 1.807) is 12.1 Å². The topological polar surface area (TPSA) is 70.7 Å². The van der Waals surface area contributed by atoms with Crippen molar-refractivity contribution in [3.05, 3.63) is 76.6 Å². The first-order valence-electron chi connectivity index (χ1n) is 6.97. The van der Waals surface area contributed by atoms with Gasteiger partial charge in [0, 0.05) is 17.4 Å². The molecule has 0 aliphatic heterocycles. The summed E-state index contributed by atoms with van der Waals surface area (Å²) in [6, 6.07) is 17.3. The Labute approximate surface area is 137 Å². The van der Waals surface area contributed by atoms with Crippen LogP contribution in [0.4, 0.5) is 0 Å². The summed E-state index contributed by atoms with van der Waals surface area (Å²) in [4.78, 5) is 12.3. The van der Waals surface area contributed by atoms with Crippen LogP contribution in [0.3, 0.4) is 0 Å². The van der Waals surface area contributed by atoms with Crippen molar-refractivity contribution in [1.82, 2.24) is 0 Å². The van der Waals surface area contributed by atoms with Crippen molar-refractivity contribution in [3.63, 3.8) is 0 Å². The van der Waals surface area contributed by atoms with Crippen LogP contribution in [0.25, 0.3) is 11.3 Å². The number of thioether (sulfide) groups is 1. The van der Waals surface area contributed by atoms with E-state index < -0.39 is 5.63 Å². The third-order valence-corrected chi connectivity index (χ3v) is 4.41. The van der Waals surface area contributed by atoms with Crippen LogP contribution in [-0.4, -0.2) is 10.2 Å². The Bertz CT molecular complexity index is 854. The fraction of sp³-hybridized carbons (Fsp3) is 0.0556. The average Bonchev–Trinajstić information content (AvgIpc) is 2.55. The van der Waals surface area contributed by atoms with Gasteiger partial charge in [0.2, 0.25) is 0 Å². The SMILES string of the molecule is O=c1oc(-c2ccc(O)cc2)cc(O)c1SCc1ccccc1. The maximum atomic E-state index is 12.1. The van der Waals surface area contributed by atoms with Gasteiger partial charge in [0.05, 0.1) is 0 Å². The Morgan fingerprint density at radius 1 is 0.957 bits per heavy atom. The zero-order chi connectivity index (χ0) is 16.2. The number of rotatable bonds is 4. The minimum Gasteiger partial charge on any atom is -0.508 e. The van der Waals surface area contributed by atoms with Crippen LogP contribution in [0.5, 0.6) is 11.5 Å². The van der Waals surface area contributed by atoms with Crippen LogP contribution in [0.15, 0.2) is 74.8 Å². The molecule has 0 saturated heterocycles. The second-order valence-electron chi connectivity index (χ2n) is 4.93. The van der Waals surface area contributed by atoms with E-state index in [9.17, 15) is 15.0 Å². The molecule has 0 amide bonds. The maximum Gasteiger partial charge on any atom is 0.353 e. The first kappa shape index (κ1) is 15.2. The highest BCUT2D eigenvalue weighted by Crippen LogP contribution is 2.31. The number of phenols is 1. The highest BCUT2D eigenvalue weighted by Gasteiger charge is 2.13. The second-order valence-corrected chi connectivity index (χ2v) is 5.92. The molecule has 0 bridgehead atoms. The summed E-state index contributed by atoms with van der Waals surface area (Å²) in [6.07, 6.45) is 0. The van der Waals surface area contributed by atoms with Crippen LogP contribution in [-0.2, 0) is 5.75 Å². The molecule has 23 heavy (non-hydrogen) atoms. The van der Waals surface area contributed by atoms with E-state index in [1.165, 1.54) is 30.0 Å². The first-order chi connectivity index (χ1) is 11.1. The van der Waals surface area contributed by atoms with Gasteiger partial charge in [0.25, 0.3) is 0 Å². The van der Waals surface area contributed by atoms with Crippen LogP contribution in [0.1, 0.15) is 5.56 Å². The van der Waals surface area contributed by atoms with Crippen molar-refractivity contribution in [2.45, 2.75) is 10.6 Å². The maximum absolute atomic E-state index is 12.1. The number of aromatic hydroxyl groups is 2. The van der Waals surface area contributed by atoms with Crippen molar-refractivity contribution in [2.75, 3.05) is 0 Å². The lowest BCUT2D eigenvalue weighted by Gasteiger charge is -2.06. The molecule has 3 rings (SSSR count). The number of hydrogen-bond acceptors (Lipinski definition) is 5. The summed E-state index contributed by atoms with van der Waals surface area (Å²) in [7, 11) is 0. The molecular formula is C18H14O4S. The molecule has 0 aliphatic carbocycles. The lowest BCUT2D eigenvalue weighted by Crippen LogP contribution is -2.03. The largest absolute Gasteiger partial charge is 0.508 e. The third-order valence-electron chi connectivity index (χ3n) is 3.27. The monoisotopic (exact) mass is 326 g/mol. The van der Waals surface area contributed by atoms with Gasteiger partial charge in [0.1, 0.15) is 22.2 Å². The van der Waals surface area contributed by atoms with Gasteiger partial charge >= 0.3 is 5.63 Å². The van der Waals surface area contributed by atoms with Crippen molar-refractivity contribution < 1.29 is 14.6 Å². The molecule has 4 nitrogen and oxygen atoms in total. The molecule has 0 saturated carbocycles. The Morgan fingerprint density at radius 3 is 2.30 bits per heavy atom. The lowest BCUT2D eigenvalue weighted by molar-refractivity contribution is 0.430. The van der Waals surface area contributed by atoms with Gasteiger partial charge in [-0.15, -0.1) is 11.8 Å². The van der Waals surface area contributed by atoms with Gasteiger partial charge in [-0.3, -0.25) is 0 Å². The Balaban J connectivity index is 1.86. The van der Waals surface area contributed by atoms with E-state index in [-0.39, 0.29) is 22.2 Å². The first-order valence-corrected chi connectivity index (χ1v) is 7.95. The number of hydrogen-bond donors (Lipinski definition) is 2. The smallest absolute Gasteiger partial charge is 0.353 e. The third kappa shape index (κ3) is 3.57. The van der Waals surface area contributed by atoms with Crippen molar-refractivity contribution >= 4 is 11.8 Å². The summed E-state index contributed by atoms with van der Waals surface area (Å²) in [6.45, 7) is 0. The van der Waals surface area contributed by atoms with Gasteiger partial charge < -0.3 is 14.6 Å². The molecule has 0 atom stereocenters. The average molecular weight is 326 g/mol. The van der Waals surface area contributed by atoms with Gasteiger partial charge in [0.15, 0.2) is 0 Å². The fourth-order valence-electron chi connectivity index (χ4n) is 2.10. The normalized spacial score (nSPS) is 10.6. The Kier molecular flexibility index (Phi) is 4.39. The minimum atomic E-state index is -0.575.